The van der Waals surface area contributed by atoms with Crippen LogP contribution in [-0.4, -0.2) is 24.0 Å². The Kier molecular flexibility index (Phi) is 5.91. The summed E-state index contributed by atoms with van der Waals surface area (Å²) in [6.45, 7) is 4.63. The van der Waals surface area contributed by atoms with Gasteiger partial charge >= 0.3 is 6.18 Å². The molecule has 1 saturated heterocycles. The predicted octanol–water partition coefficient (Wildman–Crippen LogP) is 4.83. The van der Waals surface area contributed by atoms with Crippen LogP contribution in [0.3, 0.4) is 0 Å². The number of aromatic nitrogens is 1. The number of halogens is 3. The zero-order chi connectivity index (χ0) is 20.3. The Hall–Kier alpha value is -2.57. The van der Waals surface area contributed by atoms with Crippen molar-refractivity contribution < 1.29 is 18.0 Å². The molecule has 0 spiro atoms. The Balaban J connectivity index is 1.79. The van der Waals surface area contributed by atoms with Crippen LogP contribution in [0.15, 0.2) is 36.5 Å². The molecule has 1 aromatic heterocycles. The highest BCUT2D eigenvalue weighted by Crippen LogP contribution is 2.36. The Morgan fingerprint density at radius 3 is 2.79 bits per heavy atom. The van der Waals surface area contributed by atoms with E-state index in [2.05, 4.69) is 10.3 Å². The van der Waals surface area contributed by atoms with E-state index < -0.39 is 11.7 Å². The normalized spacial score (nSPS) is 17.5. The topological polar surface area (TPSA) is 45.2 Å². The highest BCUT2D eigenvalue weighted by molar-refractivity contribution is 5.94. The molecule has 1 aromatic carbocycles. The summed E-state index contributed by atoms with van der Waals surface area (Å²) in [5, 5.41) is 3.01. The molecule has 150 valence electrons. The number of carbonyl (C=O) groups is 1. The minimum Gasteiger partial charge on any atom is -0.355 e. The van der Waals surface area contributed by atoms with Gasteiger partial charge in [0.1, 0.15) is 5.82 Å². The summed E-state index contributed by atoms with van der Waals surface area (Å²) < 4.78 is 40.0. The van der Waals surface area contributed by atoms with Gasteiger partial charge in [-0.3, -0.25) is 4.79 Å². The second kappa shape index (κ2) is 8.20. The average Bonchev–Trinajstić information content (AvgIpc) is 2.69. The summed E-state index contributed by atoms with van der Waals surface area (Å²) in [5.74, 6) is -0.642. The molecule has 1 fully saturated rings. The number of piperidine rings is 1. The molecule has 2 heterocycles. The standard InChI is InChI=1S/C21H24F3N3O/c1-3-15-8-4-7-14(2)18(15)26-20(28)16-9-6-12-27(13-16)19-17(21(22,23)24)10-5-11-25-19/h4-5,7-8,10-11,16H,3,6,9,12-13H2,1-2H3,(H,26,28). The molecule has 2 aromatic rings. The summed E-state index contributed by atoms with van der Waals surface area (Å²) >= 11 is 0. The van der Waals surface area contributed by atoms with Gasteiger partial charge in [0, 0.05) is 25.0 Å². The first-order valence-corrected chi connectivity index (χ1v) is 9.47. The number of alkyl halides is 3. The number of para-hydroxylation sites is 1. The SMILES string of the molecule is CCc1cccc(C)c1NC(=O)C1CCCN(c2ncccc2C(F)(F)F)C1. The molecule has 0 radical (unpaired) electrons. The highest BCUT2D eigenvalue weighted by Gasteiger charge is 2.37. The molecule has 0 aliphatic carbocycles. The fourth-order valence-electron chi connectivity index (χ4n) is 3.68. The summed E-state index contributed by atoms with van der Waals surface area (Å²) in [7, 11) is 0. The van der Waals surface area contributed by atoms with Crippen LogP contribution in [0, 0.1) is 12.8 Å². The number of amides is 1. The zero-order valence-electron chi connectivity index (χ0n) is 16.0. The first-order chi connectivity index (χ1) is 13.3. The molecule has 1 amide bonds. The van der Waals surface area contributed by atoms with E-state index >= 15 is 0 Å². The molecule has 4 nitrogen and oxygen atoms in total. The largest absolute Gasteiger partial charge is 0.419 e. The van der Waals surface area contributed by atoms with E-state index in [-0.39, 0.29) is 24.2 Å². The van der Waals surface area contributed by atoms with Gasteiger partial charge in [-0.1, -0.05) is 25.1 Å². The second-order valence-corrected chi connectivity index (χ2v) is 7.11. The number of rotatable bonds is 4. The summed E-state index contributed by atoms with van der Waals surface area (Å²) in [6, 6.07) is 8.18. The Labute approximate surface area is 162 Å². The second-order valence-electron chi connectivity index (χ2n) is 7.11. The molecule has 1 N–H and O–H groups in total. The van der Waals surface area contributed by atoms with Gasteiger partial charge in [-0.2, -0.15) is 13.2 Å². The van der Waals surface area contributed by atoms with E-state index in [0.29, 0.717) is 19.4 Å². The molecule has 28 heavy (non-hydrogen) atoms. The van der Waals surface area contributed by atoms with Gasteiger partial charge in [0.05, 0.1) is 11.5 Å². The third-order valence-electron chi connectivity index (χ3n) is 5.17. The summed E-state index contributed by atoms with van der Waals surface area (Å²) in [4.78, 5) is 18.4. The van der Waals surface area contributed by atoms with Crippen LogP contribution in [-0.2, 0) is 17.4 Å². The number of hydrogen-bond donors (Lipinski definition) is 1. The van der Waals surface area contributed by atoms with E-state index in [0.717, 1.165) is 29.3 Å². The molecule has 7 heteroatoms. The van der Waals surface area contributed by atoms with E-state index in [4.69, 9.17) is 0 Å². The van der Waals surface area contributed by atoms with Gasteiger partial charge in [0.15, 0.2) is 0 Å². The molecule has 1 atom stereocenters. The maximum Gasteiger partial charge on any atom is 0.419 e. The number of pyridine rings is 1. The molecule has 0 bridgehead atoms. The van der Waals surface area contributed by atoms with E-state index in [1.807, 2.05) is 32.0 Å². The van der Waals surface area contributed by atoms with Crippen molar-refractivity contribution in [3.05, 3.63) is 53.2 Å². The van der Waals surface area contributed by atoms with Crippen LogP contribution in [0.2, 0.25) is 0 Å². The fourth-order valence-corrected chi connectivity index (χ4v) is 3.68. The smallest absolute Gasteiger partial charge is 0.355 e. The van der Waals surface area contributed by atoms with Gasteiger partial charge in [0.2, 0.25) is 5.91 Å². The lowest BCUT2D eigenvalue weighted by Gasteiger charge is -2.34. The summed E-state index contributed by atoms with van der Waals surface area (Å²) in [5.41, 5.74) is 2.07. The van der Waals surface area contributed by atoms with E-state index in [9.17, 15) is 18.0 Å². The van der Waals surface area contributed by atoms with Crippen molar-refractivity contribution in [1.82, 2.24) is 4.98 Å². The van der Waals surface area contributed by atoms with Crippen molar-refractivity contribution in [3.63, 3.8) is 0 Å². The third kappa shape index (κ3) is 4.29. The number of aryl methyl sites for hydroxylation is 2. The monoisotopic (exact) mass is 391 g/mol. The minimum absolute atomic E-state index is 0.0994. The van der Waals surface area contributed by atoms with E-state index in [1.165, 1.54) is 12.3 Å². The van der Waals surface area contributed by atoms with Gasteiger partial charge in [-0.15, -0.1) is 0 Å². The molecule has 0 saturated carbocycles. The maximum absolute atomic E-state index is 13.3. The van der Waals surface area contributed by atoms with Crippen LogP contribution in [0.5, 0.6) is 0 Å². The number of benzene rings is 1. The van der Waals surface area contributed by atoms with Crippen molar-refractivity contribution in [2.24, 2.45) is 5.92 Å². The fraction of sp³-hybridized carbons (Fsp3) is 0.429. The lowest BCUT2D eigenvalue weighted by atomic mass is 9.96. The average molecular weight is 391 g/mol. The Morgan fingerprint density at radius 2 is 2.07 bits per heavy atom. The highest BCUT2D eigenvalue weighted by atomic mass is 19.4. The number of nitrogens with zero attached hydrogens (tertiary/aromatic N) is 2. The Morgan fingerprint density at radius 1 is 1.29 bits per heavy atom. The van der Waals surface area contributed by atoms with Gasteiger partial charge in [0.25, 0.3) is 0 Å². The molecule has 1 aliphatic rings. The van der Waals surface area contributed by atoms with Crippen LogP contribution < -0.4 is 10.2 Å². The zero-order valence-corrected chi connectivity index (χ0v) is 16.0. The van der Waals surface area contributed by atoms with Crippen LogP contribution in [0.25, 0.3) is 0 Å². The van der Waals surface area contributed by atoms with Crippen LogP contribution >= 0.6 is 0 Å². The molecular weight excluding hydrogens is 367 g/mol. The Bertz CT molecular complexity index is 851. The first-order valence-electron chi connectivity index (χ1n) is 9.47. The third-order valence-corrected chi connectivity index (χ3v) is 5.17. The minimum atomic E-state index is -4.48. The quantitative estimate of drug-likeness (QED) is 0.812. The molecule has 3 rings (SSSR count). The lowest BCUT2D eigenvalue weighted by Crippen LogP contribution is -2.42. The van der Waals surface area contributed by atoms with E-state index in [1.54, 1.807) is 4.90 Å². The van der Waals surface area contributed by atoms with Crippen LogP contribution in [0.4, 0.5) is 24.7 Å². The first kappa shape index (κ1) is 20.2. The lowest BCUT2D eigenvalue weighted by molar-refractivity contribution is -0.137. The van der Waals surface area contributed by atoms with Crippen molar-refractivity contribution in [1.29, 1.82) is 0 Å². The number of hydrogen-bond acceptors (Lipinski definition) is 3. The van der Waals surface area contributed by atoms with Crippen LogP contribution in [0.1, 0.15) is 36.5 Å². The van der Waals surface area contributed by atoms with Gasteiger partial charge < -0.3 is 10.2 Å². The van der Waals surface area contributed by atoms with Crippen molar-refractivity contribution in [2.75, 3.05) is 23.3 Å². The molecule has 1 aliphatic heterocycles. The predicted molar refractivity (Wildman–Crippen MR) is 103 cm³/mol. The maximum atomic E-state index is 13.3. The van der Waals surface area contributed by atoms with Crippen molar-refractivity contribution >= 4 is 17.4 Å². The number of anilines is 2. The van der Waals surface area contributed by atoms with Crippen molar-refractivity contribution in [2.45, 2.75) is 39.3 Å². The number of nitrogens with one attached hydrogen (secondary N) is 1. The van der Waals surface area contributed by atoms with Gasteiger partial charge in [-0.05, 0) is 49.4 Å². The molecule has 1 unspecified atom stereocenters. The summed E-state index contributed by atoms with van der Waals surface area (Å²) in [6.07, 6.45) is -1.05. The molecular formula is C21H24F3N3O. The van der Waals surface area contributed by atoms with Gasteiger partial charge in [-0.25, -0.2) is 4.98 Å². The van der Waals surface area contributed by atoms with Crippen molar-refractivity contribution in [3.8, 4) is 0 Å². The number of carbonyl (C=O) groups excluding carboxylic acids is 1.